The molecule has 1 rings (SSSR count). The molecule has 0 radical (unpaired) electrons. The Labute approximate surface area is 100 Å². The Balaban J connectivity index is 2.40. The number of nitrogens with zero attached hydrogens (tertiary/aromatic N) is 1. The first kappa shape index (κ1) is 13.0. The Hall–Kier alpha value is -0.0900. The van der Waals surface area contributed by atoms with Gasteiger partial charge in [0.05, 0.1) is 0 Å². The Bertz CT molecular complexity index is 193. The number of likely N-dealkylation sites (N-methyl/N-ethyl adjacent to an activating group) is 1. The highest BCUT2D eigenvalue weighted by Crippen LogP contribution is 2.15. The normalized spacial score (nSPS) is 21.3. The maximum absolute atomic E-state index is 12.0. The lowest BCUT2D eigenvalue weighted by molar-refractivity contribution is -0.146. The fourth-order valence-electron chi connectivity index (χ4n) is 1.81. The van der Waals surface area contributed by atoms with Crippen LogP contribution in [0, 0.1) is 0 Å². The predicted molar refractivity (Wildman–Crippen MR) is 64.3 cm³/mol. The van der Waals surface area contributed by atoms with E-state index in [1.54, 1.807) is 0 Å². The minimum absolute atomic E-state index is 0.172. The zero-order valence-electron chi connectivity index (χ0n) is 9.38. The van der Waals surface area contributed by atoms with Crippen LogP contribution in [0.3, 0.4) is 0 Å². The monoisotopic (exact) mass is 277 g/mol. The van der Waals surface area contributed by atoms with Gasteiger partial charge in [-0.15, -0.1) is 0 Å². The van der Waals surface area contributed by atoms with Crippen molar-refractivity contribution in [3.8, 4) is 0 Å². The van der Waals surface area contributed by atoms with Gasteiger partial charge in [0.15, 0.2) is 0 Å². The number of halogens is 1. The van der Waals surface area contributed by atoms with Crippen molar-refractivity contribution in [3.63, 3.8) is 0 Å². The van der Waals surface area contributed by atoms with Crippen LogP contribution in [0.25, 0.3) is 0 Å². The van der Waals surface area contributed by atoms with Gasteiger partial charge in [0.25, 0.3) is 5.91 Å². The second kappa shape index (κ2) is 7.23. The zero-order valence-corrected chi connectivity index (χ0v) is 11.0. The summed E-state index contributed by atoms with van der Waals surface area (Å²) in [6.45, 7) is 4.38. The molecule has 0 spiro atoms. The van der Waals surface area contributed by atoms with Gasteiger partial charge in [-0.3, -0.25) is 4.79 Å². The maximum Gasteiger partial charge on any atom is 0.251 e. The van der Waals surface area contributed by atoms with Gasteiger partial charge < -0.3 is 9.64 Å². The van der Waals surface area contributed by atoms with Crippen LogP contribution in [-0.4, -0.2) is 41.9 Å². The molecule has 1 amide bonds. The van der Waals surface area contributed by atoms with Crippen molar-refractivity contribution in [1.82, 2.24) is 4.90 Å². The Morgan fingerprint density at radius 2 is 2.33 bits per heavy atom. The second-order valence-corrected chi connectivity index (χ2v) is 4.61. The summed E-state index contributed by atoms with van der Waals surface area (Å²) in [6.07, 6.45) is 3.94. The Morgan fingerprint density at radius 3 is 2.87 bits per heavy atom. The molecule has 0 N–H and O–H groups in total. The van der Waals surface area contributed by atoms with Crippen molar-refractivity contribution in [1.29, 1.82) is 0 Å². The molecule has 0 bridgehead atoms. The van der Waals surface area contributed by atoms with Gasteiger partial charge in [-0.25, -0.2) is 0 Å². The summed E-state index contributed by atoms with van der Waals surface area (Å²) in [5, 5.41) is 0.947. The Kier molecular flexibility index (Phi) is 6.25. The molecule has 0 aliphatic carbocycles. The van der Waals surface area contributed by atoms with Gasteiger partial charge in [-0.2, -0.15) is 0 Å². The maximum atomic E-state index is 12.0. The first-order chi connectivity index (χ1) is 7.29. The molecule has 1 unspecified atom stereocenters. The van der Waals surface area contributed by atoms with E-state index < -0.39 is 0 Å². The van der Waals surface area contributed by atoms with E-state index in [9.17, 15) is 4.79 Å². The second-order valence-electron chi connectivity index (χ2n) is 3.82. The average Bonchev–Trinajstić information content (AvgIpc) is 2.31. The van der Waals surface area contributed by atoms with Crippen LogP contribution in [0.4, 0.5) is 0 Å². The molecule has 0 aromatic heterocycles. The van der Waals surface area contributed by atoms with Crippen LogP contribution < -0.4 is 0 Å². The molecule has 0 aromatic rings. The van der Waals surface area contributed by atoms with E-state index in [-0.39, 0.29) is 12.0 Å². The number of ether oxygens (including phenoxy) is 1. The lowest BCUT2D eigenvalue weighted by Gasteiger charge is -2.28. The minimum atomic E-state index is -0.172. The fourth-order valence-corrected chi connectivity index (χ4v) is 2.06. The summed E-state index contributed by atoms with van der Waals surface area (Å²) >= 11 is 3.38. The van der Waals surface area contributed by atoms with Gasteiger partial charge in [0, 0.05) is 25.0 Å². The Morgan fingerprint density at radius 1 is 1.53 bits per heavy atom. The van der Waals surface area contributed by atoms with E-state index in [4.69, 9.17) is 4.74 Å². The number of hydrogen-bond acceptors (Lipinski definition) is 2. The van der Waals surface area contributed by atoms with Crippen molar-refractivity contribution in [2.75, 3.05) is 25.0 Å². The number of carbonyl (C=O) groups excluding carboxylic acids is 1. The van der Waals surface area contributed by atoms with E-state index in [0.717, 1.165) is 50.7 Å². The van der Waals surface area contributed by atoms with Gasteiger partial charge in [-0.1, -0.05) is 15.9 Å². The SMILES string of the molecule is CCN(CCCBr)C(=O)C1CCCCO1. The number of hydrogen-bond donors (Lipinski definition) is 0. The molecule has 0 saturated carbocycles. The number of rotatable bonds is 5. The van der Waals surface area contributed by atoms with Crippen LogP contribution in [0.5, 0.6) is 0 Å². The lowest BCUT2D eigenvalue weighted by atomic mass is 10.1. The molecule has 1 saturated heterocycles. The third-order valence-electron chi connectivity index (χ3n) is 2.71. The van der Waals surface area contributed by atoms with Gasteiger partial charge in [-0.05, 0) is 32.6 Å². The molecule has 4 heteroatoms. The van der Waals surface area contributed by atoms with Crippen molar-refractivity contribution in [2.45, 2.75) is 38.7 Å². The molecule has 0 aromatic carbocycles. The molecular weight excluding hydrogens is 258 g/mol. The van der Waals surface area contributed by atoms with Gasteiger partial charge >= 0.3 is 0 Å². The van der Waals surface area contributed by atoms with Crippen LogP contribution in [0.15, 0.2) is 0 Å². The molecule has 88 valence electrons. The lowest BCUT2D eigenvalue weighted by Crippen LogP contribution is -2.42. The summed E-state index contributed by atoms with van der Waals surface area (Å²) < 4.78 is 5.50. The summed E-state index contributed by atoms with van der Waals surface area (Å²) in [5.74, 6) is 0.179. The van der Waals surface area contributed by atoms with E-state index in [2.05, 4.69) is 15.9 Å². The summed E-state index contributed by atoms with van der Waals surface area (Å²) in [5.41, 5.74) is 0. The summed E-state index contributed by atoms with van der Waals surface area (Å²) in [7, 11) is 0. The third-order valence-corrected chi connectivity index (χ3v) is 3.27. The van der Waals surface area contributed by atoms with E-state index in [1.807, 2.05) is 11.8 Å². The quantitative estimate of drug-likeness (QED) is 0.721. The topological polar surface area (TPSA) is 29.5 Å². The first-order valence-corrected chi connectivity index (χ1v) is 6.88. The minimum Gasteiger partial charge on any atom is -0.368 e. The first-order valence-electron chi connectivity index (χ1n) is 5.76. The van der Waals surface area contributed by atoms with Crippen molar-refractivity contribution < 1.29 is 9.53 Å². The third kappa shape index (κ3) is 4.11. The molecule has 3 nitrogen and oxygen atoms in total. The zero-order chi connectivity index (χ0) is 11.1. The fraction of sp³-hybridized carbons (Fsp3) is 0.909. The van der Waals surface area contributed by atoms with E-state index >= 15 is 0 Å². The van der Waals surface area contributed by atoms with Crippen LogP contribution >= 0.6 is 15.9 Å². The largest absolute Gasteiger partial charge is 0.368 e. The molecule has 1 atom stereocenters. The molecule has 1 heterocycles. The van der Waals surface area contributed by atoms with Crippen LogP contribution in [-0.2, 0) is 9.53 Å². The average molecular weight is 278 g/mol. The number of amides is 1. The molecule has 1 aliphatic heterocycles. The molecule has 15 heavy (non-hydrogen) atoms. The van der Waals surface area contributed by atoms with Crippen molar-refractivity contribution >= 4 is 21.8 Å². The predicted octanol–water partition coefficient (Wildman–Crippen LogP) is 2.19. The number of alkyl halides is 1. The summed E-state index contributed by atoms with van der Waals surface area (Å²) in [4.78, 5) is 13.9. The standard InChI is InChI=1S/C11H20BrNO2/c1-2-13(8-5-7-12)11(14)10-6-3-4-9-15-10/h10H,2-9H2,1H3. The van der Waals surface area contributed by atoms with Crippen LogP contribution in [0.2, 0.25) is 0 Å². The van der Waals surface area contributed by atoms with E-state index in [1.165, 1.54) is 0 Å². The highest BCUT2D eigenvalue weighted by molar-refractivity contribution is 9.09. The van der Waals surface area contributed by atoms with Crippen molar-refractivity contribution in [3.05, 3.63) is 0 Å². The van der Waals surface area contributed by atoms with Crippen LogP contribution in [0.1, 0.15) is 32.6 Å². The molecular formula is C11H20BrNO2. The van der Waals surface area contributed by atoms with E-state index in [0.29, 0.717) is 0 Å². The van der Waals surface area contributed by atoms with Gasteiger partial charge in [0.2, 0.25) is 0 Å². The molecule has 1 aliphatic rings. The molecule has 1 fully saturated rings. The number of carbonyl (C=O) groups is 1. The smallest absolute Gasteiger partial charge is 0.251 e. The van der Waals surface area contributed by atoms with Crippen molar-refractivity contribution in [2.24, 2.45) is 0 Å². The van der Waals surface area contributed by atoms with Gasteiger partial charge in [0.1, 0.15) is 6.10 Å². The highest BCUT2D eigenvalue weighted by atomic mass is 79.9. The summed E-state index contributed by atoms with van der Waals surface area (Å²) in [6, 6.07) is 0. The highest BCUT2D eigenvalue weighted by Gasteiger charge is 2.25.